The maximum atomic E-state index is 11.2. The van der Waals surface area contributed by atoms with Gasteiger partial charge in [0.2, 0.25) is 0 Å². The smallest absolute Gasteiger partial charge is 0.335 e. The van der Waals surface area contributed by atoms with Crippen LogP contribution in [0.25, 0.3) is 0 Å². The number of hydrogen-bond acceptors (Lipinski definition) is 4. The second kappa shape index (κ2) is 5.99. The number of nitrogens with zero attached hydrogens (tertiary/aromatic N) is 1. The van der Waals surface area contributed by atoms with Crippen LogP contribution in [0.15, 0.2) is 22.6 Å². The second-order valence-corrected chi connectivity index (χ2v) is 5.13. The van der Waals surface area contributed by atoms with Crippen molar-refractivity contribution in [3.05, 3.63) is 46.5 Å². The average Bonchev–Trinajstić information content (AvgIpc) is 2.77. The molecule has 0 aliphatic heterocycles. The Morgan fingerprint density at radius 2 is 2.10 bits per heavy atom. The van der Waals surface area contributed by atoms with E-state index < -0.39 is 5.97 Å². The number of aromatic carboxylic acids is 1. The number of carbonyl (C=O) groups is 1. The number of carboxylic acids is 1. The minimum absolute atomic E-state index is 0.0105. The molecule has 21 heavy (non-hydrogen) atoms. The molecule has 0 aromatic carbocycles. The van der Waals surface area contributed by atoms with Crippen LogP contribution < -0.4 is 5.32 Å². The van der Waals surface area contributed by atoms with E-state index in [1.165, 1.54) is 0 Å². The summed E-state index contributed by atoms with van der Waals surface area (Å²) in [6, 6.07) is 5.13. The van der Waals surface area contributed by atoms with Gasteiger partial charge >= 0.3 is 5.97 Å². The Labute approximate surface area is 124 Å². The molecule has 0 spiro atoms. The van der Waals surface area contributed by atoms with Crippen LogP contribution in [0.1, 0.15) is 53.0 Å². The van der Waals surface area contributed by atoms with Crippen LogP contribution in [0.5, 0.6) is 0 Å². The average molecular weight is 288 g/mol. The summed E-state index contributed by atoms with van der Waals surface area (Å²) in [5.41, 5.74) is 2.05. The Morgan fingerprint density at radius 3 is 2.62 bits per heavy atom. The third-order valence-electron chi connectivity index (χ3n) is 3.40. The third-order valence-corrected chi connectivity index (χ3v) is 3.40. The van der Waals surface area contributed by atoms with Crippen molar-refractivity contribution in [1.82, 2.24) is 4.98 Å². The van der Waals surface area contributed by atoms with Crippen LogP contribution in [-0.4, -0.2) is 16.1 Å². The lowest BCUT2D eigenvalue weighted by Crippen LogP contribution is -2.10. The van der Waals surface area contributed by atoms with Gasteiger partial charge in [-0.2, -0.15) is 0 Å². The van der Waals surface area contributed by atoms with Gasteiger partial charge in [0.25, 0.3) is 0 Å². The van der Waals surface area contributed by atoms with Crippen molar-refractivity contribution < 1.29 is 14.3 Å². The van der Waals surface area contributed by atoms with Crippen LogP contribution in [0.2, 0.25) is 0 Å². The Morgan fingerprint density at radius 1 is 1.38 bits per heavy atom. The van der Waals surface area contributed by atoms with E-state index in [1.807, 2.05) is 33.8 Å². The third kappa shape index (κ3) is 3.42. The van der Waals surface area contributed by atoms with Crippen LogP contribution in [0.4, 0.5) is 5.82 Å². The molecule has 2 heterocycles. The fourth-order valence-corrected chi connectivity index (χ4v) is 2.35. The summed E-state index contributed by atoms with van der Waals surface area (Å²) in [6.07, 6.45) is 0.689. The zero-order valence-electron chi connectivity index (χ0n) is 12.7. The zero-order chi connectivity index (χ0) is 15.6. The van der Waals surface area contributed by atoms with Crippen LogP contribution >= 0.6 is 0 Å². The number of anilines is 1. The Bertz CT molecular complexity index is 662. The number of furan rings is 1. The van der Waals surface area contributed by atoms with Crippen LogP contribution in [0, 0.1) is 13.8 Å². The molecule has 5 heteroatoms. The summed E-state index contributed by atoms with van der Waals surface area (Å²) in [4.78, 5) is 15.6. The molecular formula is C16H20N2O3. The largest absolute Gasteiger partial charge is 0.478 e. The fourth-order valence-electron chi connectivity index (χ4n) is 2.35. The van der Waals surface area contributed by atoms with Crippen molar-refractivity contribution in [3.63, 3.8) is 0 Å². The molecule has 0 aliphatic carbocycles. The first-order valence-corrected chi connectivity index (χ1v) is 6.98. The van der Waals surface area contributed by atoms with Crippen LogP contribution in [-0.2, 0) is 6.42 Å². The molecule has 0 saturated heterocycles. The minimum Gasteiger partial charge on any atom is -0.478 e. The first-order valence-electron chi connectivity index (χ1n) is 6.98. The van der Waals surface area contributed by atoms with Gasteiger partial charge in [-0.3, -0.25) is 0 Å². The lowest BCUT2D eigenvalue weighted by Gasteiger charge is -2.15. The molecule has 2 aromatic heterocycles. The van der Waals surface area contributed by atoms with E-state index in [0.717, 1.165) is 22.8 Å². The number of nitrogens with one attached hydrogen (secondary N) is 1. The van der Waals surface area contributed by atoms with Gasteiger partial charge in [0.15, 0.2) is 0 Å². The second-order valence-electron chi connectivity index (χ2n) is 5.13. The van der Waals surface area contributed by atoms with E-state index in [1.54, 1.807) is 12.1 Å². The topological polar surface area (TPSA) is 75.4 Å². The summed E-state index contributed by atoms with van der Waals surface area (Å²) in [6.45, 7) is 7.77. The van der Waals surface area contributed by atoms with Crippen molar-refractivity contribution in [2.75, 3.05) is 5.32 Å². The highest BCUT2D eigenvalue weighted by Gasteiger charge is 2.14. The van der Waals surface area contributed by atoms with Crippen molar-refractivity contribution in [2.24, 2.45) is 0 Å². The Hall–Kier alpha value is -2.30. The molecule has 112 valence electrons. The van der Waals surface area contributed by atoms with E-state index in [2.05, 4.69) is 10.3 Å². The maximum Gasteiger partial charge on any atom is 0.335 e. The maximum absolute atomic E-state index is 11.2. The molecule has 0 bridgehead atoms. The highest BCUT2D eigenvalue weighted by Crippen LogP contribution is 2.24. The number of aromatic nitrogens is 1. The summed E-state index contributed by atoms with van der Waals surface area (Å²) in [5, 5.41) is 12.4. The highest BCUT2D eigenvalue weighted by molar-refractivity contribution is 5.88. The molecule has 5 nitrogen and oxygen atoms in total. The minimum atomic E-state index is -0.946. The summed E-state index contributed by atoms with van der Waals surface area (Å²) in [5.74, 6) is 1.34. The number of hydrogen-bond donors (Lipinski definition) is 2. The first-order chi connectivity index (χ1) is 9.90. The van der Waals surface area contributed by atoms with Crippen LogP contribution in [0.3, 0.4) is 0 Å². The van der Waals surface area contributed by atoms with E-state index >= 15 is 0 Å². The fraction of sp³-hybridized carbons (Fsp3) is 0.375. The van der Waals surface area contributed by atoms with Crippen molar-refractivity contribution in [1.29, 1.82) is 0 Å². The predicted molar refractivity (Wildman–Crippen MR) is 80.8 cm³/mol. The number of rotatable bonds is 5. The van der Waals surface area contributed by atoms with Crippen molar-refractivity contribution in [3.8, 4) is 0 Å². The molecule has 0 radical (unpaired) electrons. The Balaban J connectivity index is 2.28. The van der Waals surface area contributed by atoms with Gasteiger partial charge in [-0.25, -0.2) is 9.78 Å². The molecule has 0 saturated carbocycles. The van der Waals surface area contributed by atoms with Gasteiger partial charge in [0, 0.05) is 11.3 Å². The molecule has 2 rings (SSSR count). The number of pyridine rings is 1. The van der Waals surface area contributed by atoms with E-state index in [4.69, 9.17) is 9.52 Å². The SMILES string of the molecule is CCc1cc(C(=O)O)cc(NC(C)c2cc(C)oc2C)n1. The highest BCUT2D eigenvalue weighted by atomic mass is 16.4. The quantitative estimate of drug-likeness (QED) is 0.876. The first kappa shape index (κ1) is 15.1. The monoisotopic (exact) mass is 288 g/mol. The van der Waals surface area contributed by atoms with Gasteiger partial charge in [-0.05, 0) is 45.4 Å². The van der Waals surface area contributed by atoms with Gasteiger partial charge in [-0.15, -0.1) is 0 Å². The number of carboxylic acid groups (broad SMARTS) is 1. The standard InChI is InChI=1S/C16H20N2O3/c1-5-13-7-12(16(19)20)8-15(18-13)17-10(3)14-6-9(2)21-11(14)4/h6-8,10H,5H2,1-4H3,(H,17,18)(H,19,20). The van der Waals surface area contributed by atoms with E-state index in [9.17, 15) is 4.79 Å². The van der Waals surface area contributed by atoms with E-state index in [0.29, 0.717) is 12.2 Å². The number of aryl methyl sites for hydroxylation is 3. The van der Waals surface area contributed by atoms with E-state index in [-0.39, 0.29) is 11.6 Å². The molecular weight excluding hydrogens is 268 g/mol. The predicted octanol–water partition coefficient (Wildman–Crippen LogP) is 3.73. The molecule has 1 unspecified atom stereocenters. The van der Waals surface area contributed by atoms with Gasteiger partial charge in [0.05, 0.1) is 11.6 Å². The van der Waals surface area contributed by atoms with Crippen molar-refractivity contribution >= 4 is 11.8 Å². The summed E-state index contributed by atoms with van der Waals surface area (Å²) in [7, 11) is 0. The molecule has 1 atom stereocenters. The van der Waals surface area contributed by atoms with Crippen molar-refractivity contribution in [2.45, 2.75) is 40.2 Å². The molecule has 0 amide bonds. The molecule has 2 aromatic rings. The summed E-state index contributed by atoms with van der Waals surface area (Å²) >= 11 is 0. The lowest BCUT2D eigenvalue weighted by atomic mass is 10.1. The lowest BCUT2D eigenvalue weighted by molar-refractivity contribution is 0.0696. The molecule has 0 fully saturated rings. The molecule has 0 aliphatic rings. The zero-order valence-corrected chi connectivity index (χ0v) is 12.7. The molecule has 2 N–H and O–H groups in total. The van der Waals surface area contributed by atoms with Gasteiger partial charge in [0.1, 0.15) is 17.3 Å². The summed E-state index contributed by atoms with van der Waals surface area (Å²) < 4.78 is 5.53. The normalized spacial score (nSPS) is 12.2. The van der Waals surface area contributed by atoms with Gasteiger partial charge < -0.3 is 14.8 Å². The Kier molecular flexibility index (Phi) is 4.31. The van der Waals surface area contributed by atoms with Gasteiger partial charge in [-0.1, -0.05) is 6.92 Å².